The van der Waals surface area contributed by atoms with E-state index in [0.717, 1.165) is 31.2 Å². The Bertz CT molecular complexity index is 384. The van der Waals surface area contributed by atoms with E-state index in [9.17, 15) is 4.39 Å². The standard InChI is InChI=1S/C15H25FN2O/c1-4-6-7-11(5-2)15(18-17)13-10-12(16)8-9-14(13)19-3/h8-11,15,18H,4-7,17H2,1-3H3. The maximum absolute atomic E-state index is 13.5. The zero-order chi connectivity index (χ0) is 14.3. The van der Waals surface area contributed by atoms with Gasteiger partial charge in [-0.25, -0.2) is 4.39 Å². The molecule has 3 nitrogen and oxygen atoms in total. The molecule has 0 aromatic heterocycles. The second-order valence-corrected chi connectivity index (χ2v) is 4.84. The van der Waals surface area contributed by atoms with Crippen LogP contribution in [-0.2, 0) is 0 Å². The van der Waals surface area contributed by atoms with E-state index >= 15 is 0 Å². The summed E-state index contributed by atoms with van der Waals surface area (Å²) in [5.74, 6) is 6.49. The monoisotopic (exact) mass is 268 g/mol. The Labute approximate surface area is 115 Å². The van der Waals surface area contributed by atoms with Crippen LogP contribution in [0.25, 0.3) is 0 Å². The molecule has 2 atom stereocenters. The Hall–Kier alpha value is -1.13. The molecule has 3 N–H and O–H groups in total. The number of hydrogen-bond acceptors (Lipinski definition) is 3. The van der Waals surface area contributed by atoms with Crippen LogP contribution in [0.15, 0.2) is 18.2 Å². The average molecular weight is 268 g/mol. The normalized spacial score (nSPS) is 14.2. The van der Waals surface area contributed by atoms with Gasteiger partial charge >= 0.3 is 0 Å². The molecule has 1 aromatic rings. The molecular formula is C15H25FN2O. The van der Waals surface area contributed by atoms with Crippen molar-refractivity contribution in [3.05, 3.63) is 29.6 Å². The molecule has 0 bridgehead atoms. The van der Waals surface area contributed by atoms with Crippen molar-refractivity contribution < 1.29 is 9.13 Å². The van der Waals surface area contributed by atoms with Gasteiger partial charge in [0, 0.05) is 5.56 Å². The summed E-state index contributed by atoms with van der Waals surface area (Å²) in [6.07, 6.45) is 4.36. The SMILES string of the molecule is CCCCC(CC)C(NN)c1cc(F)ccc1OC. The molecule has 0 heterocycles. The summed E-state index contributed by atoms with van der Waals surface area (Å²) in [6.45, 7) is 4.30. The van der Waals surface area contributed by atoms with Crippen LogP contribution in [0.4, 0.5) is 4.39 Å². The largest absolute Gasteiger partial charge is 0.496 e. The van der Waals surface area contributed by atoms with E-state index < -0.39 is 0 Å². The Kier molecular flexibility index (Phi) is 6.81. The number of methoxy groups -OCH3 is 1. The van der Waals surface area contributed by atoms with E-state index in [1.165, 1.54) is 12.1 Å². The predicted molar refractivity (Wildman–Crippen MR) is 76.3 cm³/mol. The smallest absolute Gasteiger partial charge is 0.123 e. The molecule has 1 rings (SSSR count). The molecule has 0 spiro atoms. The van der Waals surface area contributed by atoms with E-state index in [4.69, 9.17) is 10.6 Å². The molecule has 2 unspecified atom stereocenters. The van der Waals surface area contributed by atoms with Gasteiger partial charge in [0.2, 0.25) is 0 Å². The van der Waals surface area contributed by atoms with Gasteiger partial charge in [-0.15, -0.1) is 0 Å². The number of rotatable bonds is 8. The van der Waals surface area contributed by atoms with E-state index in [1.807, 2.05) is 0 Å². The summed E-state index contributed by atoms with van der Waals surface area (Å²) in [5.41, 5.74) is 3.63. The topological polar surface area (TPSA) is 47.3 Å². The molecule has 0 aliphatic rings. The fourth-order valence-corrected chi connectivity index (χ4v) is 2.50. The molecule has 0 amide bonds. The third-order valence-electron chi connectivity index (χ3n) is 3.63. The zero-order valence-corrected chi connectivity index (χ0v) is 12.1. The van der Waals surface area contributed by atoms with E-state index in [0.29, 0.717) is 11.7 Å². The molecule has 19 heavy (non-hydrogen) atoms. The van der Waals surface area contributed by atoms with Crippen LogP contribution in [0.5, 0.6) is 5.75 Å². The molecule has 0 aliphatic carbocycles. The minimum atomic E-state index is -0.263. The van der Waals surface area contributed by atoms with Gasteiger partial charge in [-0.1, -0.05) is 33.1 Å². The van der Waals surface area contributed by atoms with Crippen molar-refractivity contribution in [1.82, 2.24) is 5.43 Å². The Morgan fingerprint density at radius 1 is 1.37 bits per heavy atom. The highest BCUT2D eigenvalue weighted by molar-refractivity contribution is 5.36. The van der Waals surface area contributed by atoms with Crippen molar-refractivity contribution >= 4 is 0 Å². The van der Waals surface area contributed by atoms with Crippen molar-refractivity contribution in [2.75, 3.05) is 7.11 Å². The van der Waals surface area contributed by atoms with Gasteiger partial charge in [0.1, 0.15) is 11.6 Å². The van der Waals surface area contributed by atoms with E-state index in [1.54, 1.807) is 13.2 Å². The number of nitrogens with one attached hydrogen (secondary N) is 1. The fourth-order valence-electron chi connectivity index (χ4n) is 2.50. The minimum absolute atomic E-state index is 0.0813. The van der Waals surface area contributed by atoms with E-state index in [2.05, 4.69) is 19.3 Å². The molecule has 0 saturated carbocycles. The van der Waals surface area contributed by atoms with Crippen molar-refractivity contribution in [1.29, 1.82) is 0 Å². The molecule has 0 fully saturated rings. The van der Waals surface area contributed by atoms with Gasteiger partial charge in [0.15, 0.2) is 0 Å². The molecule has 0 radical (unpaired) electrons. The van der Waals surface area contributed by atoms with Crippen LogP contribution in [0.1, 0.15) is 51.1 Å². The van der Waals surface area contributed by atoms with Crippen LogP contribution in [0, 0.1) is 11.7 Å². The van der Waals surface area contributed by atoms with Gasteiger partial charge in [-0.2, -0.15) is 0 Å². The first kappa shape index (κ1) is 15.9. The van der Waals surface area contributed by atoms with Crippen molar-refractivity contribution in [2.45, 2.75) is 45.6 Å². The summed E-state index contributed by atoms with van der Waals surface area (Å²) in [4.78, 5) is 0. The second-order valence-electron chi connectivity index (χ2n) is 4.84. The third-order valence-corrected chi connectivity index (χ3v) is 3.63. The van der Waals surface area contributed by atoms with Gasteiger partial charge in [-0.05, 0) is 30.5 Å². The number of benzene rings is 1. The Balaban J connectivity index is 3.02. The lowest BCUT2D eigenvalue weighted by atomic mass is 9.87. The Morgan fingerprint density at radius 3 is 2.63 bits per heavy atom. The third kappa shape index (κ3) is 4.18. The predicted octanol–water partition coefficient (Wildman–Crippen LogP) is 3.56. The lowest BCUT2D eigenvalue weighted by Gasteiger charge is -2.27. The quantitative estimate of drug-likeness (QED) is 0.560. The first-order valence-corrected chi connectivity index (χ1v) is 6.97. The molecule has 1 aromatic carbocycles. The summed E-state index contributed by atoms with van der Waals surface area (Å²) >= 11 is 0. The van der Waals surface area contributed by atoms with Crippen LogP contribution in [0.3, 0.4) is 0 Å². The Morgan fingerprint density at radius 2 is 2.11 bits per heavy atom. The molecule has 0 saturated heterocycles. The number of unbranched alkanes of at least 4 members (excludes halogenated alkanes) is 1. The number of halogens is 1. The first-order valence-electron chi connectivity index (χ1n) is 6.97. The minimum Gasteiger partial charge on any atom is -0.496 e. The molecule has 0 aliphatic heterocycles. The van der Waals surface area contributed by atoms with Crippen LogP contribution in [-0.4, -0.2) is 7.11 Å². The van der Waals surface area contributed by atoms with E-state index in [-0.39, 0.29) is 11.9 Å². The summed E-state index contributed by atoms with van der Waals surface area (Å²) in [6, 6.07) is 4.49. The molecule has 4 heteroatoms. The van der Waals surface area contributed by atoms with Crippen molar-refractivity contribution in [3.63, 3.8) is 0 Å². The molecule has 108 valence electrons. The van der Waals surface area contributed by atoms with Gasteiger partial charge in [0.05, 0.1) is 13.2 Å². The molecular weight excluding hydrogens is 243 g/mol. The number of hydrazine groups is 1. The summed E-state index contributed by atoms with van der Waals surface area (Å²) < 4.78 is 18.8. The van der Waals surface area contributed by atoms with Crippen LogP contribution in [0.2, 0.25) is 0 Å². The second kappa shape index (κ2) is 8.12. The number of hydrogen-bond donors (Lipinski definition) is 2. The highest BCUT2D eigenvalue weighted by atomic mass is 19.1. The highest BCUT2D eigenvalue weighted by Gasteiger charge is 2.23. The highest BCUT2D eigenvalue weighted by Crippen LogP contribution is 2.34. The van der Waals surface area contributed by atoms with Crippen LogP contribution >= 0.6 is 0 Å². The van der Waals surface area contributed by atoms with Gasteiger partial charge < -0.3 is 4.74 Å². The summed E-state index contributed by atoms with van der Waals surface area (Å²) in [7, 11) is 1.59. The maximum atomic E-state index is 13.5. The van der Waals surface area contributed by atoms with Crippen molar-refractivity contribution in [2.24, 2.45) is 11.8 Å². The van der Waals surface area contributed by atoms with Crippen molar-refractivity contribution in [3.8, 4) is 5.75 Å². The lowest BCUT2D eigenvalue weighted by molar-refractivity contribution is 0.313. The summed E-state index contributed by atoms with van der Waals surface area (Å²) in [5, 5.41) is 0. The van der Waals surface area contributed by atoms with Gasteiger partial charge in [-0.3, -0.25) is 11.3 Å². The van der Waals surface area contributed by atoms with Crippen LogP contribution < -0.4 is 16.0 Å². The number of ether oxygens (including phenoxy) is 1. The zero-order valence-electron chi connectivity index (χ0n) is 12.1. The van der Waals surface area contributed by atoms with Gasteiger partial charge in [0.25, 0.3) is 0 Å². The maximum Gasteiger partial charge on any atom is 0.123 e. The first-order chi connectivity index (χ1) is 9.17. The fraction of sp³-hybridized carbons (Fsp3) is 0.600. The lowest BCUT2D eigenvalue weighted by Crippen LogP contribution is -2.33. The number of nitrogens with two attached hydrogens (primary N) is 1. The average Bonchev–Trinajstić information content (AvgIpc) is 2.43.